The van der Waals surface area contributed by atoms with Gasteiger partial charge in [-0.1, -0.05) is 32.9 Å². The number of fused-ring (bicyclic) bond motifs is 1. The predicted octanol–water partition coefficient (Wildman–Crippen LogP) is 3.01. The van der Waals surface area contributed by atoms with E-state index in [-0.39, 0.29) is 10.8 Å². The molecule has 102 valence electrons. The van der Waals surface area contributed by atoms with Crippen molar-refractivity contribution < 1.29 is 4.74 Å². The van der Waals surface area contributed by atoms with E-state index in [9.17, 15) is 4.79 Å². The third kappa shape index (κ3) is 2.87. The average Bonchev–Trinajstić information content (AvgIpc) is 2.35. The summed E-state index contributed by atoms with van der Waals surface area (Å²) in [7, 11) is 1.69. The average molecular weight is 259 g/mol. The number of rotatable bonds is 3. The first kappa shape index (κ1) is 13.8. The van der Waals surface area contributed by atoms with E-state index in [2.05, 4.69) is 25.8 Å². The van der Waals surface area contributed by atoms with Gasteiger partial charge in [-0.25, -0.2) is 0 Å². The fourth-order valence-electron chi connectivity index (χ4n) is 2.16. The first-order valence-corrected chi connectivity index (χ1v) is 6.58. The number of H-pyrrole nitrogens is 1. The topological polar surface area (TPSA) is 42.1 Å². The molecule has 3 nitrogen and oxygen atoms in total. The van der Waals surface area contributed by atoms with Gasteiger partial charge in [0.1, 0.15) is 0 Å². The lowest BCUT2D eigenvalue weighted by molar-refractivity contribution is 0.202. The summed E-state index contributed by atoms with van der Waals surface area (Å²) in [6.07, 6.45) is 0.803. The van der Waals surface area contributed by atoms with Gasteiger partial charge < -0.3 is 9.72 Å². The second kappa shape index (κ2) is 5.17. The number of aromatic nitrogens is 1. The highest BCUT2D eigenvalue weighted by molar-refractivity contribution is 5.82. The Morgan fingerprint density at radius 3 is 2.63 bits per heavy atom. The van der Waals surface area contributed by atoms with Gasteiger partial charge in [0.15, 0.2) is 5.43 Å². The number of methoxy groups -OCH3 is 1. The summed E-state index contributed by atoms with van der Waals surface area (Å²) >= 11 is 0. The van der Waals surface area contributed by atoms with Crippen molar-refractivity contribution in [2.24, 2.45) is 0 Å². The molecule has 1 N–H and O–H groups in total. The molecule has 0 amide bonds. The molecule has 0 spiro atoms. The van der Waals surface area contributed by atoms with Crippen LogP contribution >= 0.6 is 0 Å². The zero-order valence-corrected chi connectivity index (χ0v) is 12.0. The Labute approximate surface area is 113 Å². The maximum Gasteiger partial charge on any atom is 0.189 e. The molecular formula is C16H21NO2. The number of hydrogen-bond donors (Lipinski definition) is 1. The molecule has 0 atom stereocenters. The highest BCUT2D eigenvalue weighted by Gasteiger charge is 2.16. The van der Waals surface area contributed by atoms with E-state index in [4.69, 9.17) is 4.74 Å². The molecule has 1 heterocycles. The zero-order valence-electron chi connectivity index (χ0n) is 12.0. The summed E-state index contributed by atoms with van der Waals surface area (Å²) in [5.74, 6) is 0. The van der Waals surface area contributed by atoms with Crippen molar-refractivity contribution >= 4 is 10.9 Å². The summed E-state index contributed by atoms with van der Waals surface area (Å²) in [6, 6.07) is 7.56. The van der Waals surface area contributed by atoms with E-state index in [1.165, 1.54) is 0 Å². The van der Waals surface area contributed by atoms with Gasteiger partial charge in [0.05, 0.1) is 12.1 Å². The Kier molecular flexibility index (Phi) is 3.76. The third-order valence-corrected chi connectivity index (χ3v) is 3.33. The van der Waals surface area contributed by atoms with Crippen molar-refractivity contribution in [3.63, 3.8) is 0 Å². The van der Waals surface area contributed by atoms with Gasteiger partial charge in [-0.15, -0.1) is 0 Å². The molecule has 0 saturated carbocycles. The largest absolute Gasteiger partial charge is 0.384 e. The number of nitrogens with one attached hydrogen (secondary N) is 1. The SMILES string of the molecule is COCCc1cccc2c(=O)cc(C(C)(C)C)[nH]c12. The van der Waals surface area contributed by atoms with E-state index < -0.39 is 0 Å². The molecule has 2 aromatic rings. The van der Waals surface area contributed by atoms with Crippen molar-refractivity contribution in [2.45, 2.75) is 32.6 Å². The number of benzene rings is 1. The Hall–Kier alpha value is -1.61. The van der Waals surface area contributed by atoms with Crippen molar-refractivity contribution in [2.75, 3.05) is 13.7 Å². The standard InChI is InChI=1S/C16H21NO2/c1-16(2,3)14-10-13(18)12-7-5-6-11(8-9-19-4)15(12)17-14/h5-7,10H,8-9H2,1-4H3,(H,17,18). The summed E-state index contributed by atoms with van der Waals surface area (Å²) in [5.41, 5.74) is 3.05. The monoisotopic (exact) mass is 259 g/mol. The molecule has 19 heavy (non-hydrogen) atoms. The van der Waals surface area contributed by atoms with Gasteiger partial charge in [-0.05, 0) is 18.1 Å². The Morgan fingerprint density at radius 2 is 2.00 bits per heavy atom. The van der Waals surface area contributed by atoms with Crippen molar-refractivity contribution in [1.29, 1.82) is 0 Å². The van der Waals surface area contributed by atoms with Crippen molar-refractivity contribution in [3.8, 4) is 0 Å². The maximum atomic E-state index is 12.2. The van der Waals surface area contributed by atoms with E-state index in [1.54, 1.807) is 13.2 Å². The number of ether oxygens (including phenoxy) is 1. The number of pyridine rings is 1. The lowest BCUT2D eigenvalue weighted by Gasteiger charge is -2.20. The number of hydrogen-bond acceptors (Lipinski definition) is 2. The van der Waals surface area contributed by atoms with Gasteiger partial charge in [-0.2, -0.15) is 0 Å². The van der Waals surface area contributed by atoms with Crippen LogP contribution in [-0.2, 0) is 16.6 Å². The summed E-state index contributed by atoms with van der Waals surface area (Å²) < 4.78 is 5.13. The van der Waals surface area contributed by atoms with Gasteiger partial charge in [0.25, 0.3) is 0 Å². The molecule has 2 rings (SSSR count). The van der Waals surface area contributed by atoms with Crippen LogP contribution in [0.15, 0.2) is 29.1 Å². The summed E-state index contributed by atoms with van der Waals surface area (Å²) in [6.45, 7) is 6.95. The third-order valence-electron chi connectivity index (χ3n) is 3.33. The molecule has 0 radical (unpaired) electrons. The lowest BCUT2D eigenvalue weighted by atomic mass is 9.91. The molecule has 1 aromatic heterocycles. The lowest BCUT2D eigenvalue weighted by Crippen LogP contribution is -2.18. The number of aromatic amines is 1. The summed E-state index contributed by atoms with van der Waals surface area (Å²) in [5, 5.41) is 0.751. The van der Waals surface area contributed by atoms with E-state index >= 15 is 0 Å². The molecule has 0 fully saturated rings. The van der Waals surface area contributed by atoms with Crippen LogP contribution in [0.2, 0.25) is 0 Å². The van der Waals surface area contributed by atoms with Crippen LogP contribution < -0.4 is 5.43 Å². The van der Waals surface area contributed by atoms with Gasteiger partial charge in [-0.3, -0.25) is 4.79 Å². The van der Waals surface area contributed by atoms with Crippen LogP contribution in [0, 0.1) is 0 Å². The van der Waals surface area contributed by atoms with Gasteiger partial charge in [0.2, 0.25) is 0 Å². The normalized spacial score (nSPS) is 12.0. The van der Waals surface area contributed by atoms with Crippen molar-refractivity contribution in [1.82, 2.24) is 4.98 Å². The molecule has 0 aliphatic heterocycles. The Bertz CT molecular complexity index is 635. The Balaban J connectivity index is 2.66. The van der Waals surface area contributed by atoms with Crippen LogP contribution in [0.1, 0.15) is 32.0 Å². The van der Waals surface area contributed by atoms with Crippen LogP contribution in [-0.4, -0.2) is 18.7 Å². The van der Waals surface area contributed by atoms with E-state index in [0.29, 0.717) is 6.61 Å². The minimum atomic E-state index is -0.0677. The summed E-state index contributed by atoms with van der Waals surface area (Å²) in [4.78, 5) is 15.7. The molecule has 0 unspecified atom stereocenters. The predicted molar refractivity (Wildman–Crippen MR) is 78.8 cm³/mol. The van der Waals surface area contributed by atoms with Gasteiger partial charge in [0, 0.05) is 29.7 Å². The molecule has 1 aromatic carbocycles. The fourth-order valence-corrected chi connectivity index (χ4v) is 2.16. The fraction of sp³-hybridized carbons (Fsp3) is 0.438. The smallest absolute Gasteiger partial charge is 0.189 e. The highest BCUT2D eigenvalue weighted by Crippen LogP contribution is 2.22. The van der Waals surface area contributed by atoms with Gasteiger partial charge >= 0.3 is 0 Å². The number of para-hydroxylation sites is 1. The minimum absolute atomic E-state index is 0.0677. The molecule has 0 bridgehead atoms. The second-order valence-electron chi connectivity index (χ2n) is 5.88. The molecule has 0 aliphatic carbocycles. The Morgan fingerprint density at radius 1 is 1.26 bits per heavy atom. The van der Waals surface area contributed by atoms with Crippen LogP contribution in [0.5, 0.6) is 0 Å². The second-order valence-corrected chi connectivity index (χ2v) is 5.88. The molecule has 0 saturated heterocycles. The van der Waals surface area contributed by atoms with E-state index in [0.717, 1.165) is 28.6 Å². The van der Waals surface area contributed by atoms with E-state index in [1.807, 2.05) is 18.2 Å². The van der Waals surface area contributed by atoms with Crippen LogP contribution in [0.25, 0.3) is 10.9 Å². The molecular weight excluding hydrogens is 238 g/mol. The quantitative estimate of drug-likeness (QED) is 0.920. The minimum Gasteiger partial charge on any atom is -0.384 e. The van der Waals surface area contributed by atoms with Crippen molar-refractivity contribution in [3.05, 3.63) is 45.7 Å². The molecule has 3 heteroatoms. The first-order valence-electron chi connectivity index (χ1n) is 6.58. The highest BCUT2D eigenvalue weighted by atomic mass is 16.5. The first-order chi connectivity index (χ1) is 8.93. The van der Waals surface area contributed by atoms with Crippen LogP contribution in [0.4, 0.5) is 0 Å². The van der Waals surface area contributed by atoms with Crippen LogP contribution in [0.3, 0.4) is 0 Å². The maximum absolute atomic E-state index is 12.2. The zero-order chi connectivity index (χ0) is 14.0. The molecule has 0 aliphatic rings.